The minimum Gasteiger partial charge on any atom is -0.198 e. The first-order valence-corrected chi connectivity index (χ1v) is 6.93. The Morgan fingerprint density at radius 2 is 1.38 bits per heavy atom. The smallest absolute Gasteiger partial charge is 0.0621 e. The van der Waals surface area contributed by atoms with Crippen LogP contribution in [0, 0.1) is 11.3 Å². The number of nitriles is 1. The summed E-state index contributed by atoms with van der Waals surface area (Å²) >= 11 is 0. The summed E-state index contributed by atoms with van der Waals surface area (Å²) in [4.78, 5) is 0. The summed E-state index contributed by atoms with van der Waals surface area (Å²) in [7, 11) is 0. The molecule has 0 rings (SSSR count). The highest BCUT2D eigenvalue weighted by Crippen LogP contribution is 2.07. The van der Waals surface area contributed by atoms with Crippen LogP contribution < -0.4 is 0 Å². The number of nitrogens with zero attached hydrogens (tertiary/aromatic N) is 1. The highest BCUT2D eigenvalue weighted by Gasteiger charge is 1.88. The van der Waals surface area contributed by atoms with Crippen LogP contribution in [-0.2, 0) is 0 Å². The van der Waals surface area contributed by atoms with E-state index in [1.807, 2.05) is 0 Å². The Morgan fingerprint density at radius 3 is 1.94 bits per heavy atom. The number of allylic oxidation sites excluding steroid dienone is 2. The Labute approximate surface area is 102 Å². The molecule has 0 aromatic carbocycles. The first-order valence-electron chi connectivity index (χ1n) is 6.93. The maximum absolute atomic E-state index is 8.37. The summed E-state index contributed by atoms with van der Waals surface area (Å²) in [5, 5.41) is 8.37. The summed E-state index contributed by atoms with van der Waals surface area (Å²) in [5.74, 6) is 0. The van der Waals surface area contributed by atoms with Crippen molar-refractivity contribution in [1.29, 1.82) is 5.26 Å². The summed E-state index contributed by atoms with van der Waals surface area (Å²) in [6, 6.07) is 2.19. The van der Waals surface area contributed by atoms with E-state index in [4.69, 9.17) is 5.26 Å². The van der Waals surface area contributed by atoms with Crippen LogP contribution in [0.5, 0.6) is 0 Å². The van der Waals surface area contributed by atoms with Crippen LogP contribution in [0.15, 0.2) is 12.2 Å². The third-order valence-corrected chi connectivity index (χ3v) is 2.80. The summed E-state index contributed by atoms with van der Waals surface area (Å²) < 4.78 is 0. The van der Waals surface area contributed by atoms with Crippen molar-refractivity contribution in [1.82, 2.24) is 0 Å². The molecule has 0 aromatic rings. The zero-order chi connectivity index (χ0) is 11.9. The molecule has 0 unspecified atom stereocenters. The SMILES string of the molecule is CCCCCC/C=C/CCCCCCC#N. The molecule has 0 amide bonds. The van der Waals surface area contributed by atoms with Crippen molar-refractivity contribution in [3.8, 4) is 6.07 Å². The maximum Gasteiger partial charge on any atom is 0.0621 e. The highest BCUT2D eigenvalue weighted by atomic mass is 14.2. The molecule has 0 atom stereocenters. The molecule has 0 aliphatic rings. The van der Waals surface area contributed by atoms with Gasteiger partial charge in [-0.2, -0.15) is 5.26 Å². The van der Waals surface area contributed by atoms with Crippen molar-refractivity contribution >= 4 is 0 Å². The van der Waals surface area contributed by atoms with Crippen LogP contribution >= 0.6 is 0 Å². The third kappa shape index (κ3) is 13.2. The van der Waals surface area contributed by atoms with Crippen LogP contribution in [0.1, 0.15) is 77.6 Å². The molecule has 16 heavy (non-hydrogen) atoms. The highest BCUT2D eigenvalue weighted by molar-refractivity contribution is 4.81. The molecular formula is C15H27N. The van der Waals surface area contributed by atoms with Crippen molar-refractivity contribution in [3.63, 3.8) is 0 Å². The van der Waals surface area contributed by atoms with E-state index < -0.39 is 0 Å². The Balaban J connectivity index is 3.01. The molecule has 0 saturated heterocycles. The van der Waals surface area contributed by atoms with Crippen molar-refractivity contribution in [2.45, 2.75) is 77.6 Å². The summed E-state index contributed by atoms with van der Waals surface area (Å²) in [5.41, 5.74) is 0. The zero-order valence-corrected chi connectivity index (χ0v) is 10.9. The van der Waals surface area contributed by atoms with Gasteiger partial charge in [0.15, 0.2) is 0 Å². The number of hydrogen-bond acceptors (Lipinski definition) is 1. The average Bonchev–Trinajstić information content (AvgIpc) is 2.31. The van der Waals surface area contributed by atoms with Crippen LogP contribution in [0.2, 0.25) is 0 Å². The zero-order valence-electron chi connectivity index (χ0n) is 10.9. The van der Waals surface area contributed by atoms with Crippen molar-refractivity contribution in [3.05, 3.63) is 12.2 Å². The van der Waals surface area contributed by atoms with E-state index in [0.717, 1.165) is 12.8 Å². The normalized spacial score (nSPS) is 10.8. The Morgan fingerprint density at radius 1 is 0.812 bits per heavy atom. The molecule has 92 valence electrons. The Hall–Kier alpha value is -0.770. The van der Waals surface area contributed by atoms with Gasteiger partial charge in [-0.25, -0.2) is 0 Å². The lowest BCUT2D eigenvalue weighted by Gasteiger charge is -1.96. The fourth-order valence-electron chi connectivity index (χ4n) is 1.74. The lowest BCUT2D eigenvalue weighted by Crippen LogP contribution is -1.77. The second kappa shape index (κ2) is 14.2. The molecule has 0 N–H and O–H groups in total. The molecule has 0 aromatic heterocycles. The molecule has 1 heteroatoms. The molecular weight excluding hydrogens is 194 g/mol. The van der Waals surface area contributed by atoms with Crippen LogP contribution in [-0.4, -0.2) is 0 Å². The van der Waals surface area contributed by atoms with E-state index in [1.54, 1.807) is 0 Å². The number of rotatable bonds is 11. The van der Waals surface area contributed by atoms with Gasteiger partial charge in [-0.3, -0.25) is 0 Å². The minimum absolute atomic E-state index is 0.729. The van der Waals surface area contributed by atoms with Gasteiger partial charge in [-0.05, 0) is 32.1 Å². The van der Waals surface area contributed by atoms with E-state index in [-0.39, 0.29) is 0 Å². The standard InChI is InChI=1S/C15H27N/c1-2-3-4-5-6-7-8-9-10-11-12-13-14-15-16/h7-8H,2-6,9-14H2,1H3/b8-7+. The van der Waals surface area contributed by atoms with Crippen LogP contribution in [0.25, 0.3) is 0 Å². The average molecular weight is 221 g/mol. The Kier molecular flexibility index (Phi) is 13.5. The number of unbranched alkanes of at least 4 members (excludes halogenated alkanes) is 9. The molecule has 0 aliphatic carbocycles. The first kappa shape index (κ1) is 15.2. The first-order chi connectivity index (χ1) is 7.91. The monoisotopic (exact) mass is 221 g/mol. The number of hydrogen-bond donors (Lipinski definition) is 0. The van der Waals surface area contributed by atoms with E-state index in [9.17, 15) is 0 Å². The lowest BCUT2D eigenvalue weighted by molar-refractivity contribution is 0.652. The van der Waals surface area contributed by atoms with Gasteiger partial charge < -0.3 is 0 Å². The van der Waals surface area contributed by atoms with Gasteiger partial charge in [-0.15, -0.1) is 0 Å². The quantitative estimate of drug-likeness (QED) is 0.339. The molecule has 1 nitrogen and oxygen atoms in total. The molecule has 0 aliphatic heterocycles. The van der Waals surface area contributed by atoms with Crippen molar-refractivity contribution in [2.24, 2.45) is 0 Å². The van der Waals surface area contributed by atoms with Crippen molar-refractivity contribution in [2.75, 3.05) is 0 Å². The van der Waals surface area contributed by atoms with Gasteiger partial charge in [0.1, 0.15) is 0 Å². The third-order valence-electron chi connectivity index (χ3n) is 2.80. The largest absolute Gasteiger partial charge is 0.198 e. The van der Waals surface area contributed by atoms with Gasteiger partial charge in [0, 0.05) is 6.42 Å². The Bertz CT molecular complexity index is 188. The van der Waals surface area contributed by atoms with E-state index in [1.165, 1.54) is 57.8 Å². The fraction of sp³-hybridized carbons (Fsp3) is 0.800. The second-order valence-electron chi connectivity index (χ2n) is 4.43. The minimum atomic E-state index is 0.729. The summed E-state index contributed by atoms with van der Waals surface area (Å²) in [6.07, 6.45) is 18.2. The van der Waals surface area contributed by atoms with Crippen molar-refractivity contribution < 1.29 is 0 Å². The second-order valence-corrected chi connectivity index (χ2v) is 4.43. The molecule has 0 fully saturated rings. The van der Waals surface area contributed by atoms with E-state index >= 15 is 0 Å². The predicted octanol–water partition coefficient (Wildman–Crippen LogP) is 5.38. The van der Waals surface area contributed by atoms with E-state index in [0.29, 0.717) is 0 Å². The molecule has 0 spiro atoms. The lowest BCUT2D eigenvalue weighted by atomic mass is 10.1. The van der Waals surface area contributed by atoms with Crippen LogP contribution in [0.3, 0.4) is 0 Å². The topological polar surface area (TPSA) is 23.8 Å². The fourth-order valence-corrected chi connectivity index (χ4v) is 1.74. The van der Waals surface area contributed by atoms with Gasteiger partial charge in [0.2, 0.25) is 0 Å². The van der Waals surface area contributed by atoms with Crippen LogP contribution in [0.4, 0.5) is 0 Å². The maximum atomic E-state index is 8.37. The van der Waals surface area contributed by atoms with E-state index in [2.05, 4.69) is 25.1 Å². The van der Waals surface area contributed by atoms with Gasteiger partial charge in [-0.1, -0.05) is 51.2 Å². The molecule has 0 heterocycles. The van der Waals surface area contributed by atoms with Gasteiger partial charge in [0.05, 0.1) is 6.07 Å². The van der Waals surface area contributed by atoms with Gasteiger partial charge >= 0.3 is 0 Å². The molecule has 0 radical (unpaired) electrons. The summed E-state index contributed by atoms with van der Waals surface area (Å²) in [6.45, 7) is 2.25. The predicted molar refractivity (Wildman–Crippen MR) is 71.2 cm³/mol. The molecule has 0 bridgehead atoms. The van der Waals surface area contributed by atoms with Gasteiger partial charge in [0.25, 0.3) is 0 Å². The molecule has 0 saturated carbocycles.